The highest BCUT2D eigenvalue weighted by Crippen LogP contribution is 2.41. The summed E-state index contributed by atoms with van der Waals surface area (Å²) in [6.45, 7) is 6.32. The Hall–Kier alpha value is -7.86. The van der Waals surface area contributed by atoms with Gasteiger partial charge in [0.05, 0.1) is 67.9 Å². The molecule has 0 fully saturated rings. The molecule has 0 spiro atoms. The summed E-state index contributed by atoms with van der Waals surface area (Å²) in [4.78, 5) is 0. The van der Waals surface area contributed by atoms with Crippen molar-refractivity contribution in [3.05, 3.63) is 187 Å². The van der Waals surface area contributed by atoms with Crippen molar-refractivity contribution in [3.63, 3.8) is 0 Å². The fourth-order valence-electron chi connectivity index (χ4n) is 8.70. The number of nitrogens with zero attached hydrogens (tertiary/aromatic N) is 5. The molecule has 0 aliphatic carbocycles. The van der Waals surface area contributed by atoms with Crippen molar-refractivity contribution in [2.45, 2.75) is 6.92 Å². The van der Waals surface area contributed by atoms with E-state index in [1.807, 2.05) is 54.6 Å². The second-order valence-electron chi connectivity index (χ2n) is 14.0. The Labute approximate surface area is 323 Å². The Kier molecular flexibility index (Phi) is 7.56. The fourth-order valence-corrected chi connectivity index (χ4v) is 8.70. The van der Waals surface area contributed by atoms with Crippen LogP contribution in [0.25, 0.3) is 94.9 Å². The summed E-state index contributed by atoms with van der Waals surface area (Å²) in [6, 6.07) is 57.0. The Bertz CT molecular complexity index is 3370. The van der Waals surface area contributed by atoms with Crippen molar-refractivity contribution >= 4 is 66.7 Å². The molecular formula is C51H33N5. The van der Waals surface area contributed by atoms with E-state index in [1.54, 1.807) is 0 Å². The van der Waals surface area contributed by atoms with Gasteiger partial charge >= 0.3 is 0 Å². The van der Waals surface area contributed by atoms with Gasteiger partial charge in [0.2, 0.25) is 0 Å². The molecule has 0 N–H and O–H groups in total. The smallest absolute Gasteiger partial charge is 0.0991 e. The number of hydrogen-bond donors (Lipinski definition) is 0. The maximum atomic E-state index is 10.1. The first-order valence-corrected chi connectivity index (χ1v) is 18.6. The molecule has 10 aromatic rings. The minimum Gasteiger partial charge on any atom is -0.309 e. The third kappa shape index (κ3) is 4.79. The summed E-state index contributed by atoms with van der Waals surface area (Å²) in [6.07, 6.45) is 6.22. The van der Waals surface area contributed by atoms with Gasteiger partial charge in [0.25, 0.3) is 0 Å². The van der Waals surface area contributed by atoms with Crippen LogP contribution in [0.2, 0.25) is 0 Å². The zero-order chi connectivity index (χ0) is 37.9. The van der Waals surface area contributed by atoms with Crippen LogP contribution in [-0.2, 0) is 0 Å². The predicted molar refractivity (Wildman–Crippen MR) is 232 cm³/mol. The van der Waals surface area contributed by atoms with Crippen molar-refractivity contribution in [3.8, 4) is 40.3 Å². The van der Waals surface area contributed by atoms with Gasteiger partial charge in [-0.25, -0.2) is 0 Å². The van der Waals surface area contributed by atoms with E-state index in [9.17, 15) is 10.5 Å². The maximum absolute atomic E-state index is 10.1. The standard InChI is InChI=1S/C51H33N5/c1-3-13-37-38-16-5-8-19-44(38)55(43(37)4-2)50-23-12-22-49-51(50)40-18-7-10-21-46(40)54(49)36-15-11-14-35(30-36)41-28-33(31-52)24-26-47(41)56-45-20-9-6-17-39(45)42-29-34(32-53)25-27-48(42)56/h3-30H,2H2,1H3/b13-3-. The van der Waals surface area contributed by atoms with Crippen molar-refractivity contribution in [2.24, 2.45) is 0 Å². The van der Waals surface area contributed by atoms with E-state index in [0.29, 0.717) is 11.1 Å². The summed E-state index contributed by atoms with van der Waals surface area (Å²) in [5.74, 6) is 0. The first-order valence-electron chi connectivity index (χ1n) is 18.6. The second kappa shape index (κ2) is 12.9. The molecule has 0 atom stereocenters. The van der Waals surface area contributed by atoms with Gasteiger partial charge in [0.15, 0.2) is 0 Å². The average molecular weight is 716 g/mol. The molecule has 3 heterocycles. The van der Waals surface area contributed by atoms with Crippen LogP contribution in [0, 0.1) is 22.7 Å². The number of benzene rings is 7. The normalized spacial score (nSPS) is 11.6. The molecule has 0 saturated carbocycles. The van der Waals surface area contributed by atoms with E-state index < -0.39 is 0 Å². The monoisotopic (exact) mass is 715 g/mol. The molecule has 56 heavy (non-hydrogen) atoms. The molecule has 0 unspecified atom stereocenters. The lowest BCUT2D eigenvalue weighted by Gasteiger charge is -2.16. The summed E-state index contributed by atoms with van der Waals surface area (Å²) in [7, 11) is 0. The Balaban J connectivity index is 1.23. The SMILES string of the molecule is C=Cc1c(/C=C\C)c2ccccc2n1-c1cccc2c1c1ccccc1n2-c1cccc(-c2cc(C#N)ccc2-n2c3ccccc3c3cc(C#N)ccc32)c1. The highest BCUT2D eigenvalue weighted by Gasteiger charge is 2.22. The Morgan fingerprint density at radius 1 is 0.518 bits per heavy atom. The van der Waals surface area contributed by atoms with Gasteiger partial charge in [-0.15, -0.1) is 0 Å². The molecule has 0 saturated heterocycles. The summed E-state index contributed by atoms with van der Waals surface area (Å²) < 4.78 is 6.95. The van der Waals surface area contributed by atoms with Crippen LogP contribution in [0.5, 0.6) is 0 Å². The van der Waals surface area contributed by atoms with Crippen LogP contribution in [0.4, 0.5) is 0 Å². The van der Waals surface area contributed by atoms with E-state index >= 15 is 0 Å². The van der Waals surface area contributed by atoms with E-state index in [4.69, 9.17) is 0 Å². The highest BCUT2D eigenvalue weighted by atomic mass is 15.0. The summed E-state index contributed by atoms with van der Waals surface area (Å²) in [5.41, 5.74) is 13.7. The van der Waals surface area contributed by atoms with E-state index in [-0.39, 0.29) is 0 Å². The molecule has 262 valence electrons. The predicted octanol–water partition coefficient (Wildman–Crippen LogP) is 12.9. The zero-order valence-electron chi connectivity index (χ0n) is 30.6. The van der Waals surface area contributed by atoms with Gasteiger partial charge in [-0.2, -0.15) is 10.5 Å². The van der Waals surface area contributed by atoms with Crippen LogP contribution in [0.15, 0.2) is 164 Å². The van der Waals surface area contributed by atoms with Crippen LogP contribution >= 0.6 is 0 Å². The van der Waals surface area contributed by atoms with Gasteiger partial charge in [-0.05, 0) is 97.4 Å². The van der Waals surface area contributed by atoms with Gasteiger partial charge in [0, 0.05) is 43.7 Å². The molecule has 7 aromatic carbocycles. The molecule has 3 aromatic heterocycles. The lowest BCUT2D eigenvalue weighted by molar-refractivity contribution is 1.12. The lowest BCUT2D eigenvalue weighted by atomic mass is 10.00. The molecule has 10 rings (SSSR count). The van der Waals surface area contributed by atoms with Gasteiger partial charge in [-0.1, -0.05) is 91.5 Å². The minimum atomic E-state index is 0.581. The highest BCUT2D eigenvalue weighted by molar-refractivity contribution is 6.14. The molecule has 0 bridgehead atoms. The lowest BCUT2D eigenvalue weighted by Crippen LogP contribution is -2.00. The van der Waals surface area contributed by atoms with Crippen molar-refractivity contribution in [1.29, 1.82) is 10.5 Å². The maximum Gasteiger partial charge on any atom is 0.0991 e. The Morgan fingerprint density at radius 3 is 1.89 bits per heavy atom. The second-order valence-corrected chi connectivity index (χ2v) is 14.0. The average Bonchev–Trinajstić information content (AvgIpc) is 3.89. The van der Waals surface area contributed by atoms with Crippen molar-refractivity contribution in [1.82, 2.24) is 13.7 Å². The van der Waals surface area contributed by atoms with Crippen molar-refractivity contribution in [2.75, 3.05) is 0 Å². The third-order valence-electron chi connectivity index (χ3n) is 11.0. The number of fused-ring (bicyclic) bond motifs is 7. The number of rotatable bonds is 6. The van der Waals surface area contributed by atoms with Gasteiger partial charge in [0.1, 0.15) is 0 Å². The molecule has 5 nitrogen and oxygen atoms in total. The molecule has 0 aliphatic rings. The first-order chi connectivity index (χ1) is 27.6. The fraction of sp³-hybridized carbons (Fsp3) is 0.0196. The van der Waals surface area contributed by atoms with Crippen LogP contribution in [0.1, 0.15) is 29.3 Å². The zero-order valence-corrected chi connectivity index (χ0v) is 30.6. The largest absolute Gasteiger partial charge is 0.309 e. The van der Waals surface area contributed by atoms with Gasteiger partial charge < -0.3 is 13.7 Å². The molecule has 0 aliphatic heterocycles. The van der Waals surface area contributed by atoms with Crippen molar-refractivity contribution < 1.29 is 0 Å². The van der Waals surface area contributed by atoms with Crippen LogP contribution in [0.3, 0.4) is 0 Å². The first kappa shape index (κ1) is 32.8. The molecule has 0 radical (unpaired) electrons. The third-order valence-corrected chi connectivity index (χ3v) is 11.0. The number of aromatic nitrogens is 3. The quantitative estimate of drug-likeness (QED) is 0.172. The summed E-state index contributed by atoms with van der Waals surface area (Å²) >= 11 is 0. The van der Waals surface area contributed by atoms with E-state index in [2.05, 4.69) is 155 Å². The van der Waals surface area contributed by atoms with E-state index in [1.165, 1.54) is 5.39 Å². The number of allylic oxidation sites excluding steroid dienone is 1. The van der Waals surface area contributed by atoms with Crippen LogP contribution in [-0.4, -0.2) is 13.7 Å². The molecule has 0 amide bonds. The number of para-hydroxylation sites is 3. The topological polar surface area (TPSA) is 62.4 Å². The number of nitriles is 2. The molecule has 5 heteroatoms. The Morgan fingerprint density at radius 2 is 1.14 bits per heavy atom. The molecular weight excluding hydrogens is 683 g/mol. The number of hydrogen-bond acceptors (Lipinski definition) is 2. The van der Waals surface area contributed by atoms with Gasteiger partial charge in [-0.3, -0.25) is 0 Å². The van der Waals surface area contributed by atoms with E-state index in [0.717, 1.165) is 88.6 Å². The van der Waals surface area contributed by atoms with Crippen LogP contribution < -0.4 is 0 Å². The summed E-state index contributed by atoms with van der Waals surface area (Å²) in [5, 5.41) is 25.4. The minimum absolute atomic E-state index is 0.581.